The molecule has 7 heterocycles. The largest absolute Gasteiger partial charge is 0.483 e. The van der Waals surface area contributed by atoms with Crippen LogP contribution in [0.1, 0.15) is 39.1 Å². The Hall–Kier alpha value is -5.25. The van der Waals surface area contributed by atoms with Crippen LogP contribution in [-0.4, -0.2) is 185 Å². The molecule has 0 amide bonds. The monoisotopic (exact) mass is 836 g/mol. The summed E-state index contributed by atoms with van der Waals surface area (Å²) in [7, 11) is 3.85. The number of imidazole rings is 2. The SMILES string of the molecule is CN(CCCOC=O)CC1OC(n2cnc3c(N)ncnc32)[C@@H]2OC(C)(C)O[C@H]12.CN(CCCOC=O)CC1OC(n2cnc3c(N)ncnc32)[C@H](O)[C@@H]1O.O.O=CO. The molecule has 326 valence electrons. The number of carbonyl (C=O) groups excluding carboxylic acids is 2. The zero-order chi connectivity index (χ0) is 42.0. The van der Waals surface area contributed by atoms with Crippen LogP contribution in [0.4, 0.5) is 11.6 Å². The van der Waals surface area contributed by atoms with E-state index in [1.165, 1.54) is 19.0 Å². The van der Waals surface area contributed by atoms with Gasteiger partial charge in [0.1, 0.15) is 60.3 Å². The number of hydrogen-bond donors (Lipinski definition) is 5. The van der Waals surface area contributed by atoms with Gasteiger partial charge in [0.05, 0.1) is 25.9 Å². The van der Waals surface area contributed by atoms with Crippen molar-refractivity contribution in [3.8, 4) is 0 Å². The second-order valence-corrected chi connectivity index (χ2v) is 14.1. The van der Waals surface area contributed by atoms with Gasteiger partial charge in [0.2, 0.25) is 0 Å². The van der Waals surface area contributed by atoms with E-state index in [1.807, 2.05) is 37.4 Å². The van der Waals surface area contributed by atoms with Gasteiger partial charge in [0, 0.05) is 26.2 Å². The standard InChI is InChI=1S/C18H26N6O5.C15H22N6O5.CH2O2.H2O/c1-18(2)28-13-11(7-23(3)5-4-6-26-10-25)27-17(14(13)29-18)24-9-22-12-15(19)20-8-21-16(12)24;1-20(3-2-4-25-8-22)5-9-11(23)12(24)15(26-9)21-7-19-10-13(16)17-6-18-14(10)21;2-1-3;/h8-11,13-14,17H,4-7H2,1-3H3,(H2,19,20,21);6-9,11-12,15,23-24H,2-5H2,1H3,(H2,16,17,18);1H,(H,2,3);1H2/t11?,13-,14-,17?;9?,11-,12-,15?;;/m11../s1. The number of nitrogens with zero attached hydrogens (tertiary/aromatic N) is 10. The maximum Gasteiger partial charge on any atom is 0.293 e. The molecule has 9 N–H and O–H groups in total. The van der Waals surface area contributed by atoms with Crippen LogP contribution >= 0.6 is 0 Å². The molecule has 0 bridgehead atoms. The van der Waals surface area contributed by atoms with Gasteiger partial charge in [-0.3, -0.25) is 23.5 Å². The number of rotatable bonds is 16. The second kappa shape index (κ2) is 21.1. The Bertz CT molecular complexity index is 1950. The summed E-state index contributed by atoms with van der Waals surface area (Å²) in [6.45, 7) is 7.60. The highest BCUT2D eigenvalue weighted by molar-refractivity contribution is 5.81. The molecular formula is C34H52N12O13. The number of hydrogen-bond acceptors (Lipinski definition) is 21. The van der Waals surface area contributed by atoms with Gasteiger partial charge in [0.15, 0.2) is 41.2 Å². The van der Waals surface area contributed by atoms with E-state index in [0.717, 1.165) is 13.0 Å². The summed E-state index contributed by atoms with van der Waals surface area (Å²) in [5, 5.41) is 27.6. The smallest absolute Gasteiger partial charge is 0.293 e. The average molecular weight is 837 g/mol. The molecule has 0 aromatic carbocycles. The molecule has 25 nitrogen and oxygen atoms in total. The summed E-state index contributed by atoms with van der Waals surface area (Å²) in [5.74, 6) is -0.159. The summed E-state index contributed by atoms with van der Waals surface area (Å²) >= 11 is 0. The van der Waals surface area contributed by atoms with Gasteiger partial charge in [0.25, 0.3) is 19.4 Å². The summed E-state index contributed by atoms with van der Waals surface area (Å²) in [6, 6.07) is 0. The van der Waals surface area contributed by atoms with E-state index in [4.69, 9.17) is 45.1 Å². The van der Waals surface area contributed by atoms with Crippen molar-refractivity contribution in [3.63, 3.8) is 0 Å². The molecule has 7 rings (SSSR count). The molecule has 3 fully saturated rings. The number of ether oxygens (including phenoxy) is 6. The Morgan fingerprint density at radius 1 is 0.746 bits per heavy atom. The van der Waals surface area contributed by atoms with Crippen LogP contribution in [0.3, 0.4) is 0 Å². The third-order valence-corrected chi connectivity index (χ3v) is 9.51. The first-order valence-electron chi connectivity index (χ1n) is 18.3. The summed E-state index contributed by atoms with van der Waals surface area (Å²) in [5.41, 5.74) is 13.6. The van der Waals surface area contributed by atoms with Crippen LogP contribution in [-0.2, 0) is 42.8 Å². The summed E-state index contributed by atoms with van der Waals surface area (Å²) in [4.78, 5) is 57.6. The molecular weight excluding hydrogens is 784 g/mol. The summed E-state index contributed by atoms with van der Waals surface area (Å²) < 4.78 is 37.3. The highest BCUT2D eigenvalue weighted by Crippen LogP contribution is 2.44. The van der Waals surface area contributed by atoms with Crippen molar-refractivity contribution < 1.29 is 63.6 Å². The van der Waals surface area contributed by atoms with E-state index in [0.29, 0.717) is 80.4 Å². The van der Waals surface area contributed by atoms with Gasteiger partial charge in [-0.25, -0.2) is 29.9 Å². The average Bonchev–Trinajstić information content (AvgIpc) is 4.00. The van der Waals surface area contributed by atoms with Crippen molar-refractivity contribution in [3.05, 3.63) is 25.3 Å². The van der Waals surface area contributed by atoms with Gasteiger partial charge in [-0.1, -0.05) is 0 Å². The zero-order valence-electron chi connectivity index (χ0n) is 33.0. The van der Waals surface area contributed by atoms with Gasteiger partial charge >= 0.3 is 0 Å². The molecule has 59 heavy (non-hydrogen) atoms. The van der Waals surface area contributed by atoms with Crippen LogP contribution in [0.2, 0.25) is 0 Å². The minimum Gasteiger partial charge on any atom is -0.483 e. The van der Waals surface area contributed by atoms with Crippen LogP contribution in [0.25, 0.3) is 22.3 Å². The van der Waals surface area contributed by atoms with Crippen molar-refractivity contribution >= 4 is 53.4 Å². The molecule has 4 aromatic rings. The van der Waals surface area contributed by atoms with Crippen LogP contribution in [0, 0.1) is 0 Å². The Balaban J connectivity index is 0.000000242. The lowest BCUT2D eigenvalue weighted by molar-refractivity contribution is -0.197. The lowest BCUT2D eigenvalue weighted by Gasteiger charge is -2.27. The highest BCUT2D eigenvalue weighted by atomic mass is 16.8. The third-order valence-electron chi connectivity index (χ3n) is 9.51. The number of carbonyl (C=O) groups is 3. The Morgan fingerprint density at radius 3 is 1.71 bits per heavy atom. The quantitative estimate of drug-likeness (QED) is 0.0586. The number of aliphatic hydroxyl groups is 2. The highest BCUT2D eigenvalue weighted by Gasteiger charge is 2.56. The van der Waals surface area contributed by atoms with E-state index in [1.54, 1.807) is 10.9 Å². The molecule has 4 unspecified atom stereocenters. The molecule has 0 spiro atoms. The van der Waals surface area contributed by atoms with Gasteiger partial charge in [-0.15, -0.1) is 0 Å². The van der Waals surface area contributed by atoms with Crippen molar-refractivity contribution in [2.24, 2.45) is 0 Å². The number of fused-ring (bicyclic) bond motifs is 3. The van der Waals surface area contributed by atoms with Crippen molar-refractivity contribution in [2.75, 3.05) is 65.0 Å². The minimum absolute atomic E-state index is 0. The molecule has 0 saturated carbocycles. The Kier molecular flexibility index (Phi) is 16.6. The fourth-order valence-electron chi connectivity index (χ4n) is 6.98. The lowest BCUT2D eigenvalue weighted by atomic mass is 10.1. The first-order valence-corrected chi connectivity index (χ1v) is 18.3. The normalized spacial score (nSPS) is 25.4. The molecule has 25 heteroatoms. The van der Waals surface area contributed by atoms with Gasteiger partial charge < -0.3 is 70.5 Å². The zero-order valence-corrected chi connectivity index (χ0v) is 33.0. The van der Waals surface area contributed by atoms with Crippen molar-refractivity contribution in [1.82, 2.24) is 48.8 Å². The minimum atomic E-state index is -1.14. The number of aliphatic hydroxyl groups excluding tert-OH is 2. The molecule has 3 aliphatic rings. The van der Waals surface area contributed by atoms with Crippen molar-refractivity contribution in [2.45, 2.75) is 81.6 Å². The number of carboxylic acid groups (broad SMARTS) is 1. The number of anilines is 2. The molecule has 0 radical (unpaired) electrons. The number of nitrogens with two attached hydrogens (primary N) is 2. The molecule has 4 aromatic heterocycles. The van der Waals surface area contributed by atoms with E-state index >= 15 is 0 Å². The van der Waals surface area contributed by atoms with Crippen LogP contribution < -0.4 is 11.5 Å². The van der Waals surface area contributed by atoms with E-state index in [9.17, 15) is 19.8 Å². The fourth-order valence-corrected chi connectivity index (χ4v) is 6.98. The lowest BCUT2D eigenvalue weighted by Crippen LogP contribution is -2.39. The number of likely N-dealkylation sites (N-methyl/N-ethyl adjacent to an activating group) is 2. The topological polar surface area (TPSA) is 344 Å². The summed E-state index contributed by atoms with van der Waals surface area (Å²) in [6.07, 6.45) is 2.39. The fraction of sp³-hybridized carbons (Fsp3) is 0.618. The van der Waals surface area contributed by atoms with E-state index in [-0.39, 0.29) is 36.1 Å². The van der Waals surface area contributed by atoms with E-state index < -0.39 is 36.6 Å². The maximum atomic E-state index is 10.4. The third kappa shape index (κ3) is 11.1. The van der Waals surface area contributed by atoms with Crippen LogP contribution in [0.5, 0.6) is 0 Å². The number of aromatic nitrogens is 8. The molecule has 8 atom stereocenters. The molecule has 3 saturated heterocycles. The second-order valence-electron chi connectivity index (χ2n) is 14.1. The first kappa shape index (κ1) is 46.4. The first-order chi connectivity index (χ1) is 27.8. The Morgan fingerprint density at radius 2 is 1.20 bits per heavy atom. The van der Waals surface area contributed by atoms with Gasteiger partial charge in [-0.05, 0) is 40.8 Å². The predicted octanol–water partition coefficient (Wildman–Crippen LogP) is -2.28. The molecule has 3 aliphatic heterocycles. The maximum absolute atomic E-state index is 10.4. The van der Waals surface area contributed by atoms with E-state index in [2.05, 4.69) is 39.5 Å². The predicted molar refractivity (Wildman–Crippen MR) is 204 cm³/mol. The van der Waals surface area contributed by atoms with Crippen LogP contribution in [0.15, 0.2) is 25.3 Å². The van der Waals surface area contributed by atoms with Gasteiger partial charge in [-0.2, -0.15) is 0 Å². The molecule has 0 aliphatic carbocycles. The Labute approximate surface area is 337 Å². The van der Waals surface area contributed by atoms with Crippen molar-refractivity contribution in [1.29, 1.82) is 0 Å². The number of nitrogen functional groups attached to an aromatic ring is 2.